The van der Waals surface area contributed by atoms with Crippen LogP contribution in [0.3, 0.4) is 0 Å². The highest BCUT2D eigenvalue weighted by Gasteiger charge is 2.09. The standard InChI is InChI=1S/C17H21NO3S/c1-12-9-16(21-3)13(10-15(12)20-2)6-7-18-17(19)11-14-5-4-8-22-14/h4-5,8-10H,6-7,11H2,1-3H3,(H,18,19). The van der Waals surface area contributed by atoms with E-state index < -0.39 is 0 Å². The van der Waals surface area contributed by atoms with E-state index in [1.807, 2.05) is 36.6 Å². The van der Waals surface area contributed by atoms with E-state index in [1.165, 1.54) is 0 Å². The van der Waals surface area contributed by atoms with Crippen molar-refractivity contribution in [1.29, 1.82) is 0 Å². The van der Waals surface area contributed by atoms with Crippen molar-refractivity contribution >= 4 is 17.2 Å². The van der Waals surface area contributed by atoms with Crippen LogP contribution in [-0.2, 0) is 17.6 Å². The summed E-state index contributed by atoms with van der Waals surface area (Å²) in [6.45, 7) is 2.56. The second kappa shape index (κ2) is 7.84. The van der Waals surface area contributed by atoms with Gasteiger partial charge < -0.3 is 14.8 Å². The molecule has 0 saturated heterocycles. The van der Waals surface area contributed by atoms with Gasteiger partial charge in [-0.1, -0.05) is 6.07 Å². The molecule has 1 heterocycles. The summed E-state index contributed by atoms with van der Waals surface area (Å²) in [6.07, 6.45) is 1.14. The Morgan fingerprint density at radius 2 is 2.00 bits per heavy atom. The van der Waals surface area contributed by atoms with E-state index in [1.54, 1.807) is 25.6 Å². The largest absolute Gasteiger partial charge is 0.496 e. The van der Waals surface area contributed by atoms with Crippen molar-refractivity contribution in [3.63, 3.8) is 0 Å². The van der Waals surface area contributed by atoms with E-state index in [2.05, 4.69) is 5.32 Å². The zero-order chi connectivity index (χ0) is 15.9. The first-order valence-electron chi connectivity index (χ1n) is 7.14. The molecule has 22 heavy (non-hydrogen) atoms. The first-order valence-corrected chi connectivity index (χ1v) is 8.02. The molecule has 0 saturated carbocycles. The Morgan fingerprint density at radius 3 is 2.64 bits per heavy atom. The summed E-state index contributed by atoms with van der Waals surface area (Å²) < 4.78 is 10.7. The highest BCUT2D eigenvalue weighted by Crippen LogP contribution is 2.28. The van der Waals surface area contributed by atoms with Gasteiger partial charge in [-0.2, -0.15) is 0 Å². The van der Waals surface area contributed by atoms with Gasteiger partial charge in [0.2, 0.25) is 5.91 Å². The first-order chi connectivity index (χ1) is 10.6. The third-order valence-corrected chi connectivity index (χ3v) is 4.31. The van der Waals surface area contributed by atoms with Gasteiger partial charge in [0.1, 0.15) is 11.5 Å². The molecular formula is C17H21NO3S. The second-order valence-corrected chi connectivity index (χ2v) is 6.02. The Kier molecular flexibility index (Phi) is 5.83. The highest BCUT2D eigenvalue weighted by atomic mass is 32.1. The normalized spacial score (nSPS) is 10.3. The number of aryl methyl sites for hydroxylation is 1. The van der Waals surface area contributed by atoms with E-state index in [0.717, 1.165) is 27.5 Å². The number of rotatable bonds is 7. The molecule has 1 aromatic carbocycles. The van der Waals surface area contributed by atoms with Gasteiger partial charge in [-0.15, -0.1) is 11.3 Å². The van der Waals surface area contributed by atoms with Gasteiger partial charge >= 0.3 is 0 Å². The third kappa shape index (κ3) is 4.24. The lowest BCUT2D eigenvalue weighted by molar-refractivity contribution is -0.120. The van der Waals surface area contributed by atoms with Crippen LogP contribution < -0.4 is 14.8 Å². The minimum atomic E-state index is 0.0421. The van der Waals surface area contributed by atoms with Crippen LogP contribution in [0.5, 0.6) is 11.5 Å². The molecule has 2 aromatic rings. The van der Waals surface area contributed by atoms with Crippen LogP contribution in [0.1, 0.15) is 16.0 Å². The van der Waals surface area contributed by atoms with Gasteiger partial charge in [0.25, 0.3) is 0 Å². The van der Waals surface area contributed by atoms with Crippen molar-refractivity contribution in [1.82, 2.24) is 5.32 Å². The van der Waals surface area contributed by atoms with Gasteiger partial charge in [0, 0.05) is 11.4 Å². The molecule has 118 valence electrons. The molecule has 0 spiro atoms. The van der Waals surface area contributed by atoms with Crippen LogP contribution >= 0.6 is 11.3 Å². The van der Waals surface area contributed by atoms with Crippen molar-refractivity contribution in [2.24, 2.45) is 0 Å². The summed E-state index contributed by atoms with van der Waals surface area (Å²) in [5, 5.41) is 4.92. The quantitative estimate of drug-likeness (QED) is 0.853. The zero-order valence-corrected chi connectivity index (χ0v) is 14.0. The molecule has 4 nitrogen and oxygen atoms in total. The highest BCUT2D eigenvalue weighted by molar-refractivity contribution is 7.10. The molecule has 0 unspecified atom stereocenters. The minimum absolute atomic E-state index is 0.0421. The van der Waals surface area contributed by atoms with E-state index in [9.17, 15) is 4.79 Å². The van der Waals surface area contributed by atoms with Gasteiger partial charge in [-0.3, -0.25) is 4.79 Å². The Morgan fingerprint density at radius 1 is 1.23 bits per heavy atom. The van der Waals surface area contributed by atoms with Crippen molar-refractivity contribution in [3.05, 3.63) is 45.6 Å². The lowest BCUT2D eigenvalue weighted by atomic mass is 10.1. The van der Waals surface area contributed by atoms with Gasteiger partial charge in [0.05, 0.1) is 20.6 Å². The molecule has 0 atom stereocenters. The number of carbonyl (C=O) groups excluding carboxylic acids is 1. The summed E-state index contributed by atoms with van der Waals surface area (Å²) in [4.78, 5) is 12.9. The van der Waals surface area contributed by atoms with Crippen LogP contribution in [0.25, 0.3) is 0 Å². The maximum Gasteiger partial charge on any atom is 0.225 e. The fraction of sp³-hybridized carbons (Fsp3) is 0.353. The lowest BCUT2D eigenvalue weighted by Crippen LogP contribution is -2.27. The van der Waals surface area contributed by atoms with Gasteiger partial charge in [0.15, 0.2) is 0 Å². The molecule has 0 aliphatic rings. The zero-order valence-electron chi connectivity index (χ0n) is 13.1. The number of carbonyl (C=O) groups is 1. The summed E-state index contributed by atoms with van der Waals surface area (Å²) in [5.41, 5.74) is 2.06. The number of methoxy groups -OCH3 is 2. The van der Waals surface area contributed by atoms with Crippen LogP contribution in [0, 0.1) is 6.92 Å². The molecule has 2 rings (SSSR count). The Labute approximate surface area is 135 Å². The fourth-order valence-corrected chi connectivity index (χ4v) is 2.98. The van der Waals surface area contributed by atoms with Crippen molar-refractivity contribution < 1.29 is 14.3 Å². The third-order valence-electron chi connectivity index (χ3n) is 3.43. The van der Waals surface area contributed by atoms with E-state index in [4.69, 9.17) is 9.47 Å². The monoisotopic (exact) mass is 319 g/mol. The van der Waals surface area contributed by atoms with Crippen molar-refractivity contribution in [2.45, 2.75) is 19.8 Å². The first kappa shape index (κ1) is 16.4. The molecule has 1 N–H and O–H groups in total. The molecule has 1 amide bonds. The molecule has 0 radical (unpaired) electrons. The molecular weight excluding hydrogens is 298 g/mol. The smallest absolute Gasteiger partial charge is 0.225 e. The molecule has 0 fully saturated rings. The number of amides is 1. The summed E-state index contributed by atoms with van der Waals surface area (Å²) in [6, 6.07) is 7.86. The number of hydrogen-bond donors (Lipinski definition) is 1. The van der Waals surface area contributed by atoms with Crippen LogP contribution in [-0.4, -0.2) is 26.7 Å². The van der Waals surface area contributed by atoms with E-state index in [-0.39, 0.29) is 5.91 Å². The number of thiophene rings is 1. The lowest BCUT2D eigenvalue weighted by Gasteiger charge is -2.13. The maximum atomic E-state index is 11.9. The molecule has 0 aliphatic carbocycles. The second-order valence-electron chi connectivity index (χ2n) is 4.99. The fourth-order valence-electron chi connectivity index (χ4n) is 2.28. The number of nitrogens with one attached hydrogen (secondary N) is 1. The van der Waals surface area contributed by atoms with Crippen LogP contribution in [0.15, 0.2) is 29.6 Å². The molecule has 5 heteroatoms. The van der Waals surface area contributed by atoms with E-state index in [0.29, 0.717) is 19.4 Å². The SMILES string of the molecule is COc1cc(CCNC(=O)Cc2cccs2)c(OC)cc1C. The van der Waals surface area contributed by atoms with Gasteiger partial charge in [-0.05, 0) is 48.1 Å². The molecule has 1 aromatic heterocycles. The Balaban J connectivity index is 1.92. The summed E-state index contributed by atoms with van der Waals surface area (Å²) in [5.74, 6) is 1.70. The Hall–Kier alpha value is -2.01. The maximum absolute atomic E-state index is 11.9. The van der Waals surface area contributed by atoms with Crippen LogP contribution in [0.2, 0.25) is 0 Å². The molecule has 0 aliphatic heterocycles. The molecule has 0 bridgehead atoms. The number of ether oxygens (including phenoxy) is 2. The van der Waals surface area contributed by atoms with Gasteiger partial charge in [-0.25, -0.2) is 0 Å². The number of benzene rings is 1. The average molecular weight is 319 g/mol. The summed E-state index contributed by atoms with van der Waals surface area (Å²) in [7, 11) is 3.31. The number of hydrogen-bond acceptors (Lipinski definition) is 4. The van der Waals surface area contributed by atoms with E-state index >= 15 is 0 Å². The van der Waals surface area contributed by atoms with Crippen molar-refractivity contribution in [2.75, 3.05) is 20.8 Å². The summed E-state index contributed by atoms with van der Waals surface area (Å²) >= 11 is 1.60. The average Bonchev–Trinajstić information content (AvgIpc) is 3.01. The Bertz CT molecular complexity index is 623. The minimum Gasteiger partial charge on any atom is -0.496 e. The topological polar surface area (TPSA) is 47.6 Å². The van der Waals surface area contributed by atoms with Crippen molar-refractivity contribution in [3.8, 4) is 11.5 Å². The predicted octanol–water partition coefficient (Wildman–Crippen LogP) is 2.98. The van der Waals surface area contributed by atoms with Crippen LogP contribution in [0.4, 0.5) is 0 Å². The predicted molar refractivity (Wildman–Crippen MR) is 89.0 cm³/mol.